The Hall–Kier alpha value is 1.14. The summed E-state index contributed by atoms with van der Waals surface area (Å²) in [5.74, 6) is 0. The van der Waals surface area contributed by atoms with Crippen molar-refractivity contribution < 1.29 is 32.9 Å². The van der Waals surface area contributed by atoms with Gasteiger partial charge < -0.3 is 32.9 Å². The number of hydrogen-bond acceptors (Lipinski definition) is 0. The minimum absolute atomic E-state index is 0. The molecule has 12 N–H and O–H groups in total. The molecule has 0 fully saturated rings. The first kappa shape index (κ1) is 86.0. The van der Waals surface area contributed by atoms with Gasteiger partial charge in [0, 0.05) is 0 Å². The summed E-state index contributed by atoms with van der Waals surface area (Å²) in [5, 5.41) is 0. The van der Waals surface area contributed by atoms with Crippen LogP contribution in [0.15, 0.2) is 0 Å². The van der Waals surface area contributed by atoms with Crippen molar-refractivity contribution in [2.75, 3.05) is 0 Å². The van der Waals surface area contributed by atoms with Crippen molar-refractivity contribution in [2.24, 2.45) is 0 Å². The first-order chi connectivity index (χ1) is 1.41. The molecule has 0 rings (SSSR count). The monoisotopic (exact) mass is 298 g/mol. The molecule has 0 amide bonds. The van der Waals surface area contributed by atoms with Crippen molar-refractivity contribution in [3.63, 3.8) is 0 Å². The third-order valence-electron chi connectivity index (χ3n) is 0. The molecular weight excluding hydrogens is 286 g/mol. The summed E-state index contributed by atoms with van der Waals surface area (Å²) in [5.41, 5.74) is 0. The molecule has 0 atom stereocenters. The van der Waals surface area contributed by atoms with Gasteiger partial charge in [0.15, 0.2) is 0 Å². The van der Waals surface area contributed by atoms with Gasteiger partial charge in [0.2, 0.25) is 0 Å². The third-order valence-corrected chi connectivity index (χ3v) is 0. The van der Waals surface area contributed by atoms with Gasteiger partial charge in [0.05, 0.1) is 0 Å². The van der Waals surface area contributed by atoms with Crippen LogP contribution in [0.3, 0.4) is 0 Å². The quantitative estimate of drug-likeness (QED) is 0.395. The Morgan fingerprint density at radius 3 is 0.556 bits per heavy atom. The summed E-state index contributed by atoms with van der Waals surface area (Å²) >= 11 is -0.826. The van der Waals surface area contributed by atoms with Gasteiger partial charge in [-0.25, -0.2) is 0 Å². The molecule has 0 saturated heterocycles. The Bertz CT molecular complexity index is 11.0. The first-order valence-electron chi connectivity index (χ1n) is 0.378. The van der Waals surface area contributed by atoms with Gasteiger partial charge in [-0.05, 0) is 0 Å². The van der Waals surface area contributed by atoms with Crippen LogP contribution in [0.5, 0.6) is 0 Å². The molecule has 0 aromatic carbocycles. The van der Waals surface area contributed by atoms with Gasteiger partial charge in [0.25, 0.3) is 0 Å². The van der Waals surface area contributed by atoms with E-state index in [1.807, 2.05) is 0 Å². The fourth-order valence-corrected chi connectivity index (χ4v) is 0. The molecule has 0 aliphatic heterocycles. The van der Waals surface area contributed by atoms with Crippen LogP contribution in [0, 0.1) is 0 Å². The van der Waals surface area contributed by atoms with Crippen molar-refractivity contribution in [3.05, 3.63) is 0 Å². The Morgan fingerprint density at radius 2 is 0.556 bits per heavy atom. The predicted molar refractivity (Wildman–Crippen MR) is 39.1 cm³/mol. The van der Waals surface area contributed by atoms with Crippen molar-refractivity contribution in [1.29, 1.82) is 0 Å². The van der Waals surface area contributed by atoms with Crippen LogP contribution in [0.2, 0.25) is 0 Å². The van der Waals surface area contributed by atoms with E-state index in [0.717, 1.165) is 0 Å². The molecule has 0 aromatic heterocycles. The zero-order chi connectivity index (χ0) is 2.71. The van der Waals surface area contributed by atoms with E-state index in [1.54, 1.807) is 0 Å². The van der Waals surface area contributed by atoms with Crippen molar-refractivity contribution in [1.82, 2.24) is 0 Å². The molecule has 2 radical (unpaired) electrons. The van der Waals surface area contributed by atoms with Crippen molar-refractivity contribution >= 4 is 36.7 Å². The van der Waals surface area contributed by atoms with E-state index in [9.17, 15) is 0 Å². The second-order valence-corrected chi connectivity index (χ2v) is 4.31. The Morgan fingerprint density at radius 1 is 0.556 bits per heavy atom. The van der Waals surface area contributed by atoms with Crippen LogP contribution in [-0.2, 0) is 0 Å². The second-order valence-electron chi connectivity index (χ2n) is 0.0714. The van der Waals surface area contributed by atoms with E-state index in [0.29, 0.717) is 0 Å². The normalized spacial score (nSPS) is 2.00. The van der Waals surface area contributed by atoms with Crippen LogP contribution in [0.1, 0.15) is 0 Å². The molecular formula is H12Cl2O6Sn. The number of halogens is 2. The van der Waals surface area contributed by atoms with Crippen LogP contribution in [0.25, 0.3) is 0 Å². The average molecular weight is 298 g/mol. The van der Waals surface area contributed by atoms with Crippen molar-refractivity contribution in [2.45, 2.75) is 0 Å². The molecule has 0 aliphatic carbocycles. The summed E-state index contributed by atoms with van der Waals surface area (Å²) in [6.07, 6.45) is 0. The van der Waals surface area contributed by atoms with Gasteiger partial charge >= 0.3 is 36.7 Å². The Kier molecular flexibility index (Phi) is 1260. The molecule has 0 saturated carbocycles. The van der Waals surface area contributed by atoms with E-state index in [2.05, 4.69) is 0 Å². The summed E-state index contributed by atoms with van der Waals surface area (Å²) in [4.78, 5) is 0. The number of rotatable bonds is 0. The Labute approximate surface area is 69.6 Å². The van der Waals surface area contributed by atoms with Crippen LogP contribution >= 0.6 is 17.8 Å². The molecule has 9 heteroatoms. The minimum atomic E-state index is -0.826. The molecule has 0 heterocycles. The standard InChI is InChI=1S/2ClH.6H2O.Sn/h2*1H;6*1H2;/q;;;;;;;;+2/p-2. The second kappa shape index (κ2) is 132. The molecule has 66 valence electrons. The SMILES string of the molecule is O.O.O.O.O.O.[Cl][Sn][Cl]. The number of hydrogen-bond donors (Lipinski definition) is 0. The topological polar surface area (TPSA) is 189 Å². The van der Waals surface area contributed by atoms with Crippen LogP contribution in [-0.4, -0.2) is 51.7 Å². The summed E-state index contributed by atoms with van der Waals surface area (Å²) in [6.45, 7) is 0. The van der Waals surface area contributed by atoms with E-state index in [-0.39, 0.29) is 32.9 Å². The van der Waals surface area contributed by atoms with Gasteiger partial charge in [0.1, 0.15) is 0 Å². The maximum absolute atomic E-state index is 4.93. The average Bonchev–Trinajstić information content (AvgIpc) is 0.918. The van der Waals surface area contributed by atoms with E-state index in [1.165, 1.54) is 0 Å². The van der Waals surface area contributed by atoms with Gasteiger partial charge in [-0.3, -0.25) is 0 Å². The van der Waals surface area contributed by atoms with Crippen LogP contribution < -0.4 is 0 Å². The summed E-state index contributed by atoms with van der Waals surface area (Å²) < 4.78 is 0. The van der Waals surface area contributed by atoms with Gasteiger partial charge in [-0.2, -0.15) is 0 Å². The molecule has 0 bridgehead atoms. The third kappa shape index (κ3) is 359. The predicted octanol–water partition coefficient (Wildman–Crippen LogP) is -3.95. The van der Waals surface area contributed by atoms with E-state index < -0.39 is 18.9 Å². The van der Waals surface area contributed by atoms with Gasteiger partial charge in [-0.15, -0.1) is 0 Å². The summed E-state index contributed by atoms with van der Waals surface area (Å²) in [6, 6.07) is 0. The molecule has 0 spiro atoms. The molecule has 0 aromatic rings. The first-order valence-corrected chi connectivity index (χ1v) is 7.61. The summed E-state index contributed by atoms with van der Waals surface area (Å²) in [7, 11) is 9.87. The van der Waals surface area contributed by atoms with E-state index in [4.69, 9.17) is 17.8 Å². The molecule has 6 nitrogen and oxygen atoms in total. The fraction of sp³-hybridized carbons (Fsp3) is 0. The zero-order valence-electron chi connectivity index (χ0n) is 4.26. The molecule has 9 heavy (non-hydrogen) atoms. The van der Waals surface area contributed by atoms with E-state index >= 15 is 0 Å². The fourth-order valence-electron chi connectivity index (χ4n) is 0. The maximum atomic E-state index is 4.93. The van der Waals surface area contributed by atoms with Crippen molar-refractivity contribution in [3.8, 4) is 0 Å². The zero-order valence-corrected chi connectivity index (χ0v) is 8.62. The van der Waals surface area contributed by atoms with Crippen LogP contribution in [0.4, 0.5) is 0 Å². The molecule has 0 unspecified atom stereocenters. The Balaban J connectivity index is -0.00000000133. The van der Waals surface area contributed by atoms with Gasteiger partial charge in [-0.1, -0.05) is 0 Å². The molecule has 0 aliphatic rings.